The normalized spacial score (nSPS) is 9.33. The maximum atomic E-state index is 11.3. The molecule has 6 heteroatoms. The molecular weight excluding hydrogens is 234 g/mol. The summed E-state index contributed by atoms with van der Waals surface area (Å²) in [7, 11) is 0. The molecule has 0 aromatic heterocycles. The lowest BCUT2D eigenvalue weighted by molar-refractivity contribution is -0.137. The van der Waals surface area contributed by atoms with Crippen molar-refractivity contribution < 1.29 is 14.7 Å². The number of carbonyl (C=O) groups is 2. The third-order valence-electron chi connectivity index (χ3n) is 2.26. The molecule has 0 aliphatic rings. The smallest absolute Gasteiger partial charge is 0.322 e. The third-order valence-corrected chi connectivity index (χ3v) is 2.26. The number of carboxylic acids is 1. The van der Waals surface area contributed by atoms with Crippen LogP contribution in [0.4, 0.5) is 5.69 Å². The molecule has 1 rings (SSSR count). The second-order valence-electron chi connectivity index (χ2n) is 3.63. The molecule has 0 unspecified atom stereocenters. The molecule has 0 spiro atoms. The number of carbonyl (C=O) groups excluding carboxylic acids is 1. The van der Waals surface area contributed by atoms with Crippen LogP contribution >= 0.6 is 0 Å². The SMILES string of the molecule is Cc1cccc(C#N)c1NCC(=O)NCC(=O)O. The first-order chi connectivity index (χ1) is 8.54. The van der Waals surface area contributed by atoms with Gasteiger partial charge in [0.05, 0.1) is 17.8 Å². The Morgan fingerprint density at radius 3 is 2.72 bits per heavy atom. The summed E-state index contributed by atoms with van der Waals surface area (Å²) >= 11 is 0. The summed E-state index contributed by atoms with van der Waals surface area (Å²) in [4.78, 5) is 21.6. The monoisotopic (exact) mass is 247 g/mol. The molecule has 18 heavy (non-hydrogen) atoms. The fraction of sp³-hybridized carbons (Fsp3) is 0.250. The van der Waals surface area contributed by atoms with Crippen LogP contribution in [0.3, 0.4) is 0 Å². The van der Waals surface area contributed by atoms with Crippen LogP contribution in [0.25, 0.3) is 0 Å². The molecule has 1 amide bonds. The molecule has 0 aliphatic carbocycles. The van der Waals surface area contributed by atoms with E-state index in [1.54, 1.807) is 12.1 Å². The fourth-order valence-electron chi connectivity index (χ4n) is 1.40. The van der Waals surface area contributed by atoms with Gasteiger partial charge < -0.3 is 15.7 Å². The second kappa shape index (κ2) is 6.25. The van der Waals surface area contributed by atoms with Gasteiger partial charge in [0.25, 0.3) is 0 Å². The molecule has 0 atom stereocenters. The quantitative estimate of drug-likeness (QED) is 0.702. The Bertz CT molecular complexity index is 506. The van der Waals surface area contributed by atoms with E-state index >= 15 is 0 Å². The van der Waals surface area contributed by atoms with Crippen molar-refractivity contribution in [3.63, 3.8) is 0 Å². The van der Waals surface area contributed by atoms with Gasteiger partial charge in [0.2, 0.25) is 5.91 Å². The Kier molecular flexibility index (Phi) is 4.69. The number of hydrogen-bond donors (Lipinski definition) is 3. The van der Waals surface area contributed by atoms with Crippen LogP contribution in [-0.2, 0) is 9.59 Å². The number of rotatable bonds is 5. The van der Waals surface area contributed by atoms with Crippen molar-refractivity contribution in [3.05, 3.63) is 29.3 Å². The number of nitriles is 1. The highest BCUT2D eigenvalue weighted by atomic mass is 16.4. The van der Waals surface area contributed by atoms with E-state index in [-0.39, 0.29) is 6.54 Å². The topological polar surface area (TPSA) is 102 Å². The molecule has 0 radical (unpaired) electrons. The van der Waals surface area contributed by atoms with E-state index < -0.39 is 18.4 Å². The average Bonchev–Trinajstić information content (AvgIpc) is 2.34. The number of benzene rings is 1. The largest absolute Gasteiger partial charge is 0.480 e. The van der Waals surface area contributed by atoms with Gasteiger partial charge in [-0.3, -0.25) is 9.59 Å². The minimum atomic E-state index is -1.10. The Morgan fingerprint density at radius 1 is 1.39 bits per heavy atom. The van der Waals surface area contributed by atoms with Gasteiger partial charge in [-0.15, -0.1) is 0 Å². The number of hydrogen-bond acceptors (Lipinski definition) is 4. The van der Waals surface area contributed by atoms with E-state index in [2.05, 4.69) is 10.6 Å². The second-order valence-corrected chi connectivity index (χ2v) is 3.63. The number of amides is 1. The van der Waals surface area contributed by atoms with Crippen LogP contribution in [0.1, 0.15) is 11.1 Å². The molecule has 94 valence electrons. The molecule has 6 nitrogen and oxygen atoms in total. The first-order valence-electron chi connectivity index (χ1n) is 5.26. The van der Waals surface area contributed by atoms with Gasteiger partial charge in [0.15, 0.2) is 0 Å². The van der Waals surface area contributed by atoms with Crippen LogP contribution in [0.2, 0.25) is 0 Å². The lowest BCUT2D eigenvalue weighted by Gasteiger charge is -2.10. The lowest BCUT2D eigenvalue weighted by Crippen LogP contribution is -2.34. The van der Waals surface area contributed by atoms with Gasteiger partial charge in [0.1, 0.15) is 12.6 Å². The van der Waals surface area contributed by atoms with Crippen LogP contribution in [0.5, 0.6) is 0 Å². The molecule has 3 N–H and O–H groups in total. The number of para-hydroxylation sites is 1. The Balaban J connectivity index is 2.61. The number of aliphatic carboxylic acids is 1. The Morgan fingerprint density at radius 2 is 2.11 bits per heavy atom. The van der Waals surface area contributed by atoms with Crippen molar-refractivity contribution in [3.8, 4) is 6.07 Å². The highest BCUT2D eigenvalue weighted by Crippen LogP contribution is 2.18. The van der Waals surface area contributed by atoms with Gasteiger partial charge >= 0.3 is 5.97 Å². The molecule has 0 saturated carbocycles. The number of nitrogens with zero attached hydrogens (tertiary/aromatic N) is 1. The number of carboxylic acid groups (broad SMARTS) is 1. The van der Waals surface area contributed by atoms with Crippen molar-refractivity contribution in [1.29, 1.82) is 5.26 Å². The van der Waals surface area contributed by atoms with Crippen LogP contribution in [-0.4, -0.2) is 30.1 Å². The van der Waals surface area contributed by atoms with E-state index in [1.807, 2.05) is 19.1 Å². The zero-order valence-electron chi connectivity index (χ0n) is 9.86. The summed E-state index contributed by atoms with van der Waals surface area (Å²) in [6.45, 7) is 1.32. The first kappa shape index (κ1) is 13.5. The molecule has 0 heterocycles. The lowest BCUT2D eigenvalue weighted by atomic mass is 10.1. The first-order valence-corrected chi connectivity index (χ1v) is 5.26. The highest BCUT2D eigenvalue weighted by Gasteiger charge is 2.07. The van der Waals surface area contributed by atoms with Gasteiger partial charge in [-0.1, -0.05) is 12.1 Å². The standard InChI is InChI=1S/C12H13N3O3/c1-8-3-2-4-9(5-13)12(8)15-6-10(16)14-7-11(17)18/h2-4,15H,6-7H2,1H3,(H,14,16)(H,17,18). The Labute approximate surface area is 104 Å². The number of aryl methyl sites for hydroxylation is 1. The van der Waals surface area contributed by atoms with E-state index in [4.69, 9.17) is 10.4 Å². The minimum Gasteiger partial charge on any atom is -0.480 e. The van der Waals surface area contributed by atoms with Crippen LogP contribution in [0, 0.1) is 18.3 Å². The molecule has 1 aromatic rings. The van der Waals surface area contributed by atoms with Crippen molar-refractivity contribution in [2.24, 2.45) is 0 Å². The van der Waals surface area contributed by atoms with Crippen molar-refractivity contribution >= 4 is 17.6 Å². The van der Waals surface area contributed by atoms with Crippen LogP contribution in [0.15, 0.2) is 18.2 Å². The van der Waals surface area contributed by atoms with E-state index in [9.17, 15) is 9.59 Å². The summed E-state index contributed by atoms with van der Waals surface area (Å²) in [5.41, 5.74) is 1.88. The average molecular weight is 247 g/mol. The molecular formula is C12H13N3O3. The summed E-state index contributed by atoms with van der Waals surface area (Å²) in [6.07, 6.45) is 0. The molecule has 1 aromatic carbocycles. The fourth-order valence-corrected chi connectivity index (χ4v) is 1.40. The zero-order valence-corrected chi connectivity index (χ0v) is 9.86. The third kappa shape index (κ3) is 3.79. The van der Waals surface area contributed by atoms with E-state index in [0.29, 0.717) is 11.3 Å². The number of nitrogens with one attached hydrogen (secondary N) is 2. The molecule has 0 saturated heterocycles. The molecule has 0 fully saturated rings. The van der Waals surface area contributed by atoms with Gasteiger partial charge in [0, 0.05) is 0 Å². The van der Waals surface area contributed by atoms with Crippen molar-refractivity contribution in [2.75, 3.05) is 18.4 Å². The van der Waals surface area contributed by atoms with Crippen molar-refractivity contribution in [1.82, 2.24) is 5.32 Å². The highest BCUT2D eigenvalue weighted by molar-refractivity contribution is 5.84. The summed E-state index contributed by atoms with van der Waals surface area (Å²) in [5.74, 6) is -1.54. The zero-order chi connectivity index (χ0) is 13.5. The van der Waals surface area contributed by atoms with E-state index in [1.165, 1.54) is 0 Å². The van der Waals surface area contributed by atoms with Gasteiger partial charge in [-0.2, -0.15) is 5.26 Å². The maximum Gasteiger partial charge on any atom is 0.322 e. The summed E-state index contributed by atoms with van der Waals surface area (Å²) in [5, 5.41) is 22.4. The number of anilines is 1. The Hall–Kier alpha value is -2.55. The van der Waals surface area contributed by atoms with Gasteiger partial charge in [-0.25, -0.2) is 0 Å². The van der Waals surface area contributed by atoms with Gasteiger partial charge in [-0.05, 0) is 18.6 Å². The predicted molar refractivity (Wildman–Crippen MR) is 65.0 cm³/mol. The predicted octanol–water partition coefficient (Wildman–Crippen LogP) is 0.479. The minimum absolute atomic E-state index is 0.0766. The van der Waals surface area contributed by atoms with E-state index in [0.717, 1.165) is 5.56 Å². The molecule has 0 bridgehead atoms. The van der Waals surface area contributed by atoms with Crippen molar-refractivity contribution in [2.45, 2.75) is 6.92 Å². The summed E-state index contributed by atoms with van der Waals surface area (Å²) in [6, 6.07) is 7.24. The summed E-state index contributed by atoms with van der Waals surface area (Å²) < 4.78 is 0. The molecule has 0 aliphatic heterocycles. The maximum absolute atomic E-state index is 11.3. The van der Waals surface area contributed by atoms with Crippen LogP contribution < -0.4 is 10.6 Å².